The number of aliphatic hydroxyl groups is 1. The minimum atomic E-state index is -4.34. The Morgan fingerprint density at radius 1 is 0.429 bits per heavy atom. The molecule has 0 spiro atoms. The number of aliphatic hydroxyl groups excluding tert-OH is 1. The molecule has 460 valence electrons. The molecule has 8 nitrogen and oxygen atoms in total. The maximum absolute atomic E-state index is 13.0. The number of phosphoric acid groups is 1. The number of hydrogen-bond donors (Lipinski definition) is 3. The fraction of sp³-hybridized carbons (Fsp3) is 0.956. The third-order valence-corrected chi connectivity index (χ3v) is 17.2. The average molecular weight is 1110 g/mol. The van der Waals surface area contributed by atoms with Crippen molar-refractivity contribution in [2.75, 3.05) is 40.9 Å². The smallest absolute Gasteiger partial charge is 0.387 e. The molecule has 0 heterocycles. The summed E-state index contributed by atoms with van der Waals surface area (Å²) in [6.45, 7) is 4.87. The minimum Gasteiger partial charge on any atom is -0.387 e. The molecule has 0 aliphatic heterocycles. The molecule has 0 saturated carbocycles. The van der Waals surface area contributed by atoms with Crippen molar-refractivity contribution in [3.8, 4) is 0 Å². The molecule has 0 saturated heterocycles. The molecule has 0 fully saturated rings. The van der Waals surface area contributed by atoms with Gasteiger partial charge in [0.05, 0.1) is 39.9 Å². The summed E-state index contributed by atoms with van der Waals surface area (Å²) in [5.74, 6) is -0.169. The number of allylic oxidation sites excluding steroid dienone is 1. The summed E-state index contributed by atoms with van der Waals surface area (Å²) in [5.41, 5.74) is 0. The average Bonchev–Trinajstić information content (AvgIpc) is 3.39. The van der Waals surface area contributed by atoms with E-state index in [9.17, 15) is 19.4 Å². The first-order chi connectivity index (χ1) is 37.5. The molecule has 1 amide bonds. The van der Waals surface area contributed by atoms with Crippen molar-refractivity contribution in [1.82, 2.24) is 5.32 Å². The second-order valence-electron chi connectivity index (χ2n) is 25.3. The second-order valence-corrected chi connectivity index (χ2v) is 26.7. The molecule has 0 bridgehead atoms. The molecule has 0 aromatic rings. The number of amides is 1. The van der Waals surface area contributed by atoms with Crippen LogP contribution in [0.15, 0.2) is 12.2 Å². The number of nitrogens with one attached hydrogen (secondary N) is 1. The van der Waals surface area contributed by atoms with Crippen LogP contribution in [0.3, 0.4) is 0 Å². The topological polar surface area (TPSA) is 105 Å². The van der Waals surface area contributed by atoms with Crippen molar-refractivity contribution in [3.63, 3.8) is 0 Å². The molecular formula is C68H138N2O6P+. The Balaban J connectivity index is 3.80. The van der Waals surface area contributed by atoms with E-state index in [0.717, 1.165) is 32.1 Å². The molecule has 3 atom stereocenters. The number of carbonyl (C=O) groups excluding carboxylic acids is 1. The number of likely N-dealkylation sites (N-methyl/N-ethyl adjacent to an activating group) is 1. The Kier molecular flexibility index (Phi) is 59.3. The Hall–Kier alpha value is -0.760. The van der Waals surface area contributed by atoms with Crippen LogP contribution >= 0.6 is 7.82 Å². The molecule has 3 unspecified atom stereocenters. The summed E-state index contributed by atoms with van der Waals surface area (Å²) in [6.07, 6.45) is 76.7. The van der Waals surface area contributed by atoms with E-state index in [4.69, 9.17) is 9.05 Å². The first-order valence-electron chi connectivity index (χ1n) is 34.6. The Bertz CT molecular complexity index is 1260. The van der Waals surface area contributed by atoms with Gasteiger partial charge in [0.2, 0.25) is 5.91 Å². The van der Waals surface area contributed by atoms with Crippen LogP contribution in [-0.4, -0.2) is 73.4 Å². The van der Waals surface area contributed by atoms with E-state index in [1.807, 2.05) is 27.2 Å². The normalized spacial score (nSPS) is 13.7. The van der Waals surface area contributed by atoms with Crippen LogP contribution in [0.4, 0.5) is 0 Å². The van der Waals surface area contributed by atoms with Gasteiger partial charge in [0, 0.05) is 6.42 Å². The van der Waals surface area contributed by atoms with Crippen molar-refractivity contribution in [1.29, 1.82) is 0 Å². The highest BCUT2D eigenvalue weighted by molar-refractivity contribution is 7.47. The van der Waals surface area contributed by atoms with Crippen LogP contribution < -0.4 is 5.32 Å². The van der Waals surface area contributed by atoms with Crippen LogP contribution in [-0.2, 0) is 18.4 Å². The Morgan fingerprint density at radius 2 is 0.688 bits per heavy atom. The lowest BCUT2D eigenvalue weighted by molar-refractivity contribution is -0.870. The molecular weight excluding hydrogens is 972 g/mol. The zero-order chi connectivity index (χ0) is 56.3. The lowest BCUT2D eigenvalue weighted by Gasteiger charge is -2.25. The van der Waals surface area contributed by atoms with E-state index in [0.29, 0.717) is 17.4 Å². The second kappa shape index (κ2) is 59.8. The molecule has 0 rings (SSSR count). The molecule has 0 aromatic carbocycles. The highest BCUT2D eigenvalue weighted by Gasteiger charge is 2.28. The van der Waals surface area contributed by atoms with Crippen molar-refractivity contribution < 1.29 is 32.9 Å². The molecule has 0 aromatic heterocycles. The predicted octanol–water partition coefficient (Wildman–Crippen LogP) is 21.7. The van der Waals surface area contributed by atoms with Crippen molar-refractivity contribution in [2.45, 2.75) is 379 Å². The van der Waals surface area contributed by atoms with Crippen LogP contribution in [0.1, 0.15) is 367 Å². The first kappa shape index (κ1) is 76.2. The number of carbonyl (C=O) groups is 1. The van der Waals surface area contributed by atoms with Gasteiger partial charge in [-0.05, 0) is 19.3 Å². The number of phosphoric ester groups is 1. The minimum absolute atomic E-state index is 0.0651. The quantitative estimate of drug-likeness (QED) is 0.0243. The van der Waals surface area contributed by atoms with Gasteiger partial charge in [-0.25, -0.2) is 4.57 Å². The maximum atomic E-state index is 13.0. The SMILES string of the molecule is CCCCCCCCCCCCCC/C=C/C(O)C(COP(=O)(O)OCC[N+](C)(C)C)NC(=O)CCCCCCCCCCCCCCCCCCCCCCCCCCCCCCCCCCCCCCCCCCC. The molecule has 0 aliphatic carbocycles. The summed E-state index contributed by atoms with van der Waals surface area (Å²) in [5, 5.41) is 13.9. The van der Waals surface area contributed by atoms with Gasteiger partial charge < -0.3 is 19.8 Å². The zero-order valence-corrected chi connectivity index (χ0v) is 53.6. The Labute approximate surface area is 482 Å². The summed E-state index contributed by atoms with van der Waals surface area (Å²) in [6, 6.07) is -0.842. The number of hydrogen-bond acceptors (Lipinski definition) is 5. The number of quaternary nitrogens is 1. The van der Waals surface area contributed by atoms with Gasteiger partial charge >= 0.3 is 7.82 Å². The lowest BCUT2D eigenvalue weighted by Crippen LogP contribution is -2.45. The fourth-order valence-corrected chi connectivity index (χ4v) is 11.6. The van der Waals surface area contributed by atoms with Gasteiger partial charge in [-0.2, -0.15) is 0 Å². The van der Waals surface area contributed by atoms with Gasteiger partial charge in [0.1, 0.15) is 13.2 Å². The maximum Gasteiger partial charge on any atom is 0.472 e. The van der Waals surface area contributed by atoms with Crippen molar-refractivity contribution in [3.05, 3.63) is 12.2 Å². The van der Waals surface area contributed by atoms with Gasteiger partial charge in [0.25, 0.3) is 0 Å². The van der Waals surface area contributed by atoms with Crippen LogP contribution in [0.5, 0.6) is 0 Å². The summed E-state index contributed by atoms with van der Waals surface area (Å²) in [7, 11) is 1.59. The summed E-state index contributed by atoms with van der Waals surface area (Å²) in [4.78, 5) is 23.3. The molecule has 0 radical (unpaired) electrons. The monoisotopic (exact) mass is 1110 g/mol. The van der Waals surface area contributed by atoms with Gasteiger partial charge in [-0.1, -0.05) is 353 Å². The Morgan fingerprint density at radius 3 is 0.961 bits per heavy atom. The van der Waals surface area contributed by atoms with Crippen molar-refractivity contribution in [2.24, 2.45) is 0 Å². The largest absolute Gasteiger partial charge is 0.472 e. The lowest BCUT2D eigenvalue weighted by atomic mass is 10.0. The third kappa shape index (κ3) is 62.7. The molecule has 9 heteroatoms. The summed E-state index contributed by atoms with van der Waals surface area (Å²) < 4.78 is 23.7. The van der Waals surface area contributed by atoms with E-state index < -0.39 is 20.0 Å². The van der Waals surface area contributed by atoms with Gasteiger partial charge in [-0.3, -0.25) is 13.8 Å². The third-order valence-electron chi connectivity index (χ3n) is 16.3. The standard InChI is InChI=1S/C68H137N2O6P/c1-6-8-10-12-14-16-18-20-22-23-24-25-26-27-28-29-30-31-32-33-34-35-36-37-38-39-40-41-42-43-44-45-46-47-48-50-52-54-56-58-60-62-68(72)69-66(65-76-77(73,74)75-64-63-70(3,4)5)67(71)61-59-57-55-53-51-49-21-19-17-15-13-11-9-7-2/h59,61,66-67,71H,6-58,60,62-65H2,1-5H3,(H-,69,72,73,74)/p+1/b61-59+. The zero-order valence-electron chi connectivity index (χ0n) is 52.7. The fourth-order valence-electron chi connectivity index (χ4n) is 10.9. The van der Waals surface area contributed by atoms with E-state index in [1.54, 1.807) is 6.08 Å². The van der Waals surface area contributed by atoms with E-state index in [-0.39, 0.29) is 19.1 Å². The van der Waals surface area contributed by atoms with Gasteiger partial charge in [0.15, 0.2) is 0 Å². The highest BCUT2D eigenvalue weighted by atomic mass is 31.2. The number of rotatable bonds is 65. The van der Waals surface area contributed by atoms with Crippen molar-refractivity contribution >= 4 is 13.7 Å². The van der Waals surface area contributed by atoms with E-state index in [2.05, 4.69) is 19.2 Å². The van der Waals surface area contributed by atoms with E-state index in [1.165, 1.54) is 315 Å². The van der Waals surface area contributed by atoms with E-state index >= 15 is 0 Å². The molecule has 77 heavy (non-hydrogen) atoms. The number of unbranched alkanes of at least 4 members (excludes halogenated alkanes) is 52. The number of nitrogens with zero attached hydrogens (tertiary/aromatic N) is 1. The van der Waals surface area contributed by atoms with Gasteiger partial charge in [-0.15, -0.1) is 0 Å². The molecule has 0 aliphatic rings. The van der Waals surface area contributed by atoms with Crippen LogP contribution in [0, 0.1) is 0 Å². The first-order valence-corrected chi connectivity index (χ1v) is 36.1. The highest BCUT2D eigenvalue weighted by Crippen LogP contribution is 2.43. The van der Waals surface area contributed by atoms with Crippen LogP contribution in [0.2, 0.25) is 0 Å². The summed E-state index contributed by atoms with van der Waals surface area (Å²) >= 11 is 0. The van der Waals surface area contributed by atoms with Crippen LogP contribution in [0.25, 0.3) is 0 Å². The predicted molar refractivity (Wildman–Crippen MR) is 337 cm³/mol. The molecule has 3 N–H and O–H groups in total.